The van der Waals surface area contributed by atoms with Crippen LogP contribution in [0.25, 0.3) is 0 Å². The van der Waals surface area contributed by atoms with Crippen molar-refractivity contribution in [2.75, 3.05) is 39.9 Å². The molecule has 0 atom stereocenters. The van der Waals surface area contributed by atoms with Crippen molar-refractivity contribution >= 4 is 5.91 Å². The van der Waals surface area contributed by atoms with Crippen LogP contribution in [-0.2, 0) is 11.3 Å². The van der Waals surface area contributed by atoms with E-state index in [1.54, 1.807) is 43.5 Å². The minimum Gasteiger partial charge on any atom is -0.497 e. The summed E-state index contributed by atoms with van der Waals surface area (Å²) < 4.78 is 23.9. The third-order valence-corrected chi connectivity index (χ3v) is 4.44. The fraction of sp³-hybridized carbons (Fsp3) is 0.350. The molecule has 0 unspecified atom stereocenters. The summed E-state index contributed by atoms with van der Waals surface area (Å²) >= 11 is 0. The van der Waals surface area contributed by atoms with E-state index in [4.69, 9.17) is 9.47 Å². The third-order valence-electron chi connectivity index (χ3n) is 4.44. The Hall–Kier alpha value is -2.60. The van der Waals surface area contributed by atoms with Crippen LogP contribution in [0.15, 0.2) is 48.5 Å². The van der Waals surface area contributed by atoms with Crippen LogP contribution in [0, 0.1) is 5.82 Å². The van der Waals surface area contributed by atoms with Crippen molar-refractivity contribution in [3.05, 3.63) is 59.9 Å². The number of carbonyl (C=O) groups is 1. The van der Waals surface area contributed by atoms with Gasteiger partial charge < -0.3 is 14.4 Å². The molecule has 5 nitrogen and oxygen atoms in total. The molecule has 1 amide bonds. The van der Waals surface area contributed by atoms with Crippen LogP contribution in [0.3, 0.4) is 0 Å². The average Bonchev–Trinajstić information content (AvgIpc) is 2.67. The van der Waals surface area contributed by atoms with Crippen molar-refractivity contribution in [1.29, 1.82) is 0 Å². The zero-order valence-electron chi connectivity index (χ0n) is 14.9. The Labute approximate surface area is 152 Å². The Morgan fingerprint density at radius 3 is 2.38 bits per heavy atom. The summed E-state index contributed by atoms with van der Waals surface area (Å²) in [7, 11) is 1.60. The van der Waals surface area contributed by atoms with Crippen LogP contribution in [0.5, 0.6) is 11.5 Å². The van der Waals surface area contributed by atoms with Gasteiger partial charge in [-0.15, -0.1) is 0 Å². The Balaban J connectivity index is 1.42. The zero-order valence-corrected chi connectivity index (χ0v) is 14.9. The van der Waals surface area contributed by atoms with Crippen LogP contribution in [0.2, 0.25) is 0 Å². The summed E-state index contributed by atoms with van der Waals surface area (Å²) in [5, 5.41) is 0. The van der Waals surface area contributed by atoms with Gasteiger partial charge in [-0.3, -0.25) is 9.69 Å². The van der Waals surface area contributed by atoms with Gasteiger partial charge in [0.15, 0.2) is 6.61 Å². The van der Waals surface area contributed by atoms with Gasteiger partial charge in [0, 0.05) is 32.7 Å². The molecule has 0 radical (unpaired) electrons. The first-order valence-electron chi connectivity index (χ1n) is 8.65. The van der Waals surface area contributed by atoms with E-state index in [2.05, 4.69) is 4.90 Å². The minimum absolute atomic E-state index is 0.0220. The highest BCUT2D eigenvalue weighted by Gasteiger charge is 2.21. The molecule has 1 aliphatic heterocycles. The molecule has 6 heteroatoms. The smallest absolute Gasteiger partial charge is 0.260 e. The fourth-order valence-electron chi connectivity index (χ4n) is 2.96. The number of benzene rings is 2. The maximum absolute atomic E-state index is 13.3. The van der Waals surface area contributed by atoms with E-state index in [9.17, 15) is 9.18 Å². The van der Waals surface area contributed by atoms with Crippen LogP contribution in [0.4, 0.5) is 4.39 Å². The minimum atomic E-state index is -0.216. The van der Waals surface area contributed by atoms with E-state index in [0.717, 1.165) is 24.4 Å². The van der Waals surface area contributed by atoms with E-state index in [-0.39, 0.29) is 18.3 Å². The summed E-state index contributed by atoms with van der Waals surface area (Å²) in [5.41, 5.74) is 0.951. The quantitative estimate of drug-likeness (QED) is 0.796. The van der Waals surface area contributed by atoms with E-state index in [1.165, 1.54) is 6.07 Å². The predicted octanol–water partition coefficient (Wildman–Crippen LogP) is 2.56. The van der Waals surface area contributed by atoms with Crippen molar-refractivity contribution in [3.63, 3.8) is 0 Å². The van der Waals surface area contributed by atoms with Gasteiger partial charge >= 0.3 is 0 Å². The first-order valence-corrected chi connectivity index (χ1v) is 8.65. The largest absolute Gasteiger partial charge is 0.497 e. The fourth-order valence-corrected chi connectivity index (χ4v) is 2.96. The molecule has 2 aromatic carbocycles. The average molecular weight is 358 g/mol. The lowest BCUT2D eigenvalue weighted by Gasteiger charge is -2.34. The lowest BCUT2D eigenvalue weighted by molar-refractivity contribution is -0.135. The Morgan fingerprint density at radius 2 is 1.73 bits per heavy atom. The molecular formula is C20H23FN2O3. The van der Waals surface area contributed by atoms with Gasteiger partial charge in [-0.2, -0.15) is 0 Å². The summed E-state index contributed by atoms with van der Waals surface area (Å²) in [6, 6.07) is 13.8. The van der Waals surface area contributed by atoms with E-state index in [0.29, 0.717) is 25.4 Å². The molecule has 1 saturated heterocycles. The van der Waals surface area contributed by atoms with Crippen molar-refractivity contribution in [1.82, 2.24) is 9.80 Å². The predicted molar refractivity (Wildman–Crippen MR) is 96.7 cm³/mol. The standard InChI is InChI=1S/C20H23FN2O3/c1-25-18-5-7-19(8-6-18)26-15-20(24)23-11-9-22(10-12-23)14-16-3-2-4-17(21)13-16/h2-8,13H,9-12,14-15H2,1H3. The number of amides is 1. The van der Waals surface area contributed by atoms with Gasteiger partial charge in [0.05, 0.1) is 7.11 Å². The monoisotopic (exact) mass is 358 g/mol. The highest BCUT2D eigenvalue weighted by molar-refractivity contribution is 5.77. The molecule has 0 aromatic heterocycles. The summed E-state index contributed by atoms with van der Waals surface area (Å²) in [4.78, 5) is 16.3. The van der Waals surface area contributed by atoms with E-state index in [1.807, 2.05) is 11.0 Å². The van der Waals surface area contributed by atoms with Gasteiger partial charge in [-0.1, -0.05) is 12.1 Å². The highest BCUT2D eigenvalue weighted by atomic mass is 19.1. The van der Waals surface area contributed by atoms with Crippen LogP contribution in [-0.4, -0.2) is 55.6 Å². The second kappa shape index (κ2) is 8.67. The molecular weight excluding hydrogens is 335 g/mol. The maximum atomic E-state index is 13.3. The number of rotatable bonds is 6. The molecule has 1 heterocycles. The molecule has 0 N–H and O–H groups in total. The first-order chi connectivity index (χ1) is 12.6. The lowest BCUT2D eigenvalue weighted by atomic mass is 10.2. The second-order valence-electron chi connectivity index (χ2n) is 6.25. The molecule has 0 saturated carbocycles. The number of nitrogens with zero attached hydrogens (tertiary/aromatic N) is 2. The first kappa shape index (κ1) is 18.2. The highest BCUT2D eigenvalue weighted by Crippen LogP contribution is 2.17. The Kier molecular flexibility index (Phi) is 6.07. The van der Waals surface area contributed by atoms with Crippen LogP contribution in [0.1, 0.15) is 5.56 Å². The topological polar surface area (TPSA) is 42.0 Å². The maximum Gasteiger partial charge on any atom is 0.260 e. The van der Waals surface area contributed by atoms with Crippen molar-refractivity contribution in [2.45, 2.75) is 6.54 Å². The van der Waals surface area contributed by atoms with Crippen molar-refractivity contribution < 1.29 is 18.7 Å². The van der Waals surface area contributed by atoms with E-state index < -0.39 is 0 Å². The number of halogens is 1. The number of piperazine rings is 1. The number of methoxy groups -OCH3 is 1. The lowest BCUT2D eigenvalue weighted by Crippen LogP contribution is -2.49. The summed E-state index contributed by atoms with van der Waals surface area (Å²) in [5.74, 6) is 1.15. The summed E-state index contributed by atoms with van der Waals surface area (Å²) in [6.45, 7) is 3.56. The number of hydrogen-bond acceptors (Lipinski definition) is 4. The summed E-state index contributed by atoms with van der Waals surface area (Å²) in [6.07, 6.45) is 0. The SMILES string of the molecule is COc1ccc(OCC(=O)N2CCN(Cc3cccc(F)c3)CC2)cc1. The number of ether oxygens (including phenoxy) is 2. The third kappa shape index (κ3) is 4.95. The van der Waals surface area contributed by atoms with Gasteiger partial charge in [0.2, 0.25) is 0 Å². The zero-order chi connectivity index (χ0) is 18.4. The molecule has 0 aliphatic carbocycles. The molecule has 1 fully saturated rings. The molecule has 0 bridgehead atoms. The van der Waals surface area contributed by atoms with Gasteiger partial charge in [0.25, 0.3) is 5.91 Å². The molecule has 2 aromatic rings. The van der Waals surface area contributed by atoms with Crippen LogP contribution >= 0.6 is 0 Å². The van der Waals surface area contributed by atoms with E-state index >= 15 is 0 Å². The molecule has 3 rings (SSSR count). The Bertz CT molecular complexity index is 728. The van der Waals surface area contributed by atoms with Gasteiger partial charge in [-0.25, -0.2) is 4.39 Å². The molecule has 26 heavy (non-hydrogen) atoms. The number of carbonyl (C=O) groups excluding carboxylic acids is 1. The Morgan fingerprint density at radius 1 is 1.04 bits per heavy atom. The van der Waals surface area contributed by atoms with Crippen LogP contribution < -0.4 is 9.47 Å². The van der Waals surface area contributed by atoms with Gasteiger partial charge in [0.1, 0.15) is 17.3 Å². The second-order valence-corrected chi connectivity index (χ2v) is 6.25. The normalized spacial score (nSPS) is 14.9. The van der Waals surface area contributed by atoms with Crippen molar-refractivity contribution in [3.8, 4) is 11.5 Å². The number of hydrogen-bond donors (Lipinski definition) is 0. The molecule has 1 aliphatic rings. The van der Waals surface area contributed by atoms with Gasteiger partial charge in [-0.05, 0) is 42.0 Å². The molecule has 0 spiro atoms. The van der Waals surface area contributed by atoms with Crippen molar-refractivity contribution in [2.24, 2.45) is 0 Å². The molecule has 138 valence electrons.